The molecule has 0 aliphatic carbocycles. The predicted molar refractivity (Wildman–Crippen MR) is 102 cm³/mol. The molecule has 0 bridgehead atoms. The van der Waals surface area contributed by atoms with Crippen LogP contribution >= 0.6 is 0 Å². The zero-order chi connectivity index (χ0) is 21.8. The fraction of sp³-hybridized carbons (Fsp3) is 0.381. The first-order chi connectivity index (χ1) is 13.7. The lowest BCUT2D eigenvalue weighted by molar-refractivity contribution is -0.175. The summed E-state index contributed by atoms with van der Waals surface area (Å²) in [4.78, 5) is 39.4. The third-order valence-corrected chi connectivity index (χ3v) is 4.51. The Hall–Kier alpha value is -3.03. The lowest BCUT2D eigenvalue weighted by Gasteiger charge is -2.43. The lowest BCUT2D eigenvalue weighted by atomic mass is 9.83. The van der Waals surface area contributed by atoms with Crippen molar-refractivity contribution in [2.75, 3.05) is 13.2 Å². The van der Waals surface area contributed by atoms with Gasteiger partial charge in [-0.2, -0.15) is 8.78 Å². The van der Waals surface area contributed by atoms with Gasteiger partial charge in [0.1, 0.15) is 0 Å². The SMILES string of the molecule is CCOC(=O)C1(C(=O)OCC)CC(=C(F)F)C=C(c2ccc(C)cc2)N1C(C)=O. The van der Waals surface area contributed by atoms with Crippen LogP contribution in [0.4, 0.5) is 8.78 Å². The van der Waals surface area contributed by atoms with Crippen molar-refractivity contribution < 1.29 is 32.6 Å². The van der Waals surface area contributed by atoms with Gasteiger partial charge in [-0.25, -0.2) is 9.59 Å². The summed E-state index contributed by atoms with van der Waals surface area (Å²) in [6.45, 7) is 5.81. The molecule has 1 amide bonds. The quantitative estimate of drug-likeness (QED) is 0.551. The van der Waals surface area contributed by atoms with E-state index in [2.05, 4.69) is 0 Å². The number of carbonyl (C=O) groups is 3. The van der Waals surface area contributed by atoms with Crippen LogP contribution in [0.5, 0.6) is 0 Å². The monoisotopic (exact) mass is 407 g/mol. The summed E-state index contributed by atoms with van der Waals surface area (Å²) in [6.07, 6.45) is -1.70. The molecular weight excluding hydrogens is 384 g/mol. The van der Waals surface area contributed by atoms with Gasteiger partial charge in [0.05, 0.1) is 18.9 Å². The molecular formula is C21H23F2NO5. The van der Waals surface area contributed by atoms with Crippen molar-refractivity contribution in [1.82, 2.24) is 4.90 Å². The molecule has 6 nitrogen and oxygen atoms in total. The minimum atomic E-state index is -2.38. The van der Waals surface area contributed by atoms with Crippen molar-refractivity contribution in [2.45, 2.75) is 39.7 Å². The Labute approximate surface area is 167 Å². The normalized spacial score (nSPS) is 15.4. The van der Waals surface area contributed by atoms with E-state index in [1.807, 2.05) is 6.92 Å². The first-order valence-electron chi connectivity index (χ1n) is 9.17. The summed E-state index contributed by atoms with van der Waals surface area (Å²) in [5.74, 6) is -2.92. The van der Waals surface area contributed by atoms with Crippen LogP contribution in [-0.2, 0) is 23.9 Å². The molecule has 156 valence electrons. The number of nitrogens with zero attached hydrogens (tertiary/aromatic N) is 1. The van der Waals surface area contributed by atoms with Crippen molar-refractivity contribution >= 4 is 23.5 Å². The summed E-state index contributed by atoms with van der Waals surface area (Å²) in [6, 6.07) is 6.71. The van der Waals surface area contributed by atoms with Crippen molar-refractivity contribution in [3.05, 3.63) is 53.1 Å². The molecule has 8 heteroatoms. The van der Waals surface area contributed by atoms with E-state index < -0.39 is 41.5 Å². The van der Waals surface area contributed by atoms with Gasteiger partial charge >= 0.3 is 11.9 Å². The maximum absolute atomic E-state index is 13.7. The molecule has 2 rings (SSSR count). The van der Waals surface area contributed by atoms with Gasteiger partial charge in [0.2, 0.25) is 11.4 Å². The molecule has 0 unspecified atom stereocenters. The highest BCUT2D eigenvalue weighted by atomic mass is 19.3. The molecule has 1 aromatic carbocycles. The maximum atomic E-state index is 13.7. The molecule has 0 saturated heterocycles. The van der Waals surface area contributed by atoms with E-state index in [1.165, 1.54) is 13.8 Å². The molecule has 1 aromatic rings. The van der Waals surface area contributed by atoms with Gasteiger partial charge in [-0.1, -0.05) is 29.8 Å². The Morgan fingerprint density at radius 1 is 1.03 bits per heavy atom. The number of rotatable bonds is 5. The number of ether oxygens (including phenoxy) is 2. The summed E-state index contributed by atoms with van der Waals surface area (Å²) < 4.78 is 37.4. The highest BCUT2D eigenvalue weighted by Crippen LogP contribution is 2.42. The first-order valence-corrected chi connectivity index (χ1v) is 9.17. The fourth-order valence-electron chi connectivity index (χ4n) is 3.25. The van der Waals surface area contributed by atoms with Crippen molar-refractivity contribution in [3.8, 4) is 0 Å². The van der Waals surface area contributed by atoms with Crippen LogP contribution in [0.1, 0.15) is 38.3 Å². The zero-order valence-corrected chi connectivity index (χ0v) is 16.8. The van der Waals surface area contributed by atoms with Crippen LogP contribution in [0.3, 0.4) is 0 Å². The van der Waals surface area contributed by atoms with Crippen LogP contribution in [0, 0.1) is 6.92 Å². The fourth-order valence-corrected chi connectivity index (χ4v) is 3.25. The Balaban J connectivity index is 2.84. The van der Waals surface area contributed by atoms with Gasteiger partial charge in [0.25, 0.3) is 6.08 Å². The molecule has 0 fully saturated rings. The predicted octanol–water partition coefficient (Wildman–Crippen LogP) is 3.60. The number of amides is 1. The second-order valence-electron chi connectivity index (χ2n) is 6.51. The Morgan fingerprint density at radius 2 is 1.55 bits per heavy atom. The van der Waals surface area contributed by atoms with E-state index in [1.54, 1.807) is 24.3 Å². The molecule has 0 N–H and O–H groups in total. The van der Waals surface area contributed by atoms with Crippen molar-refractivity contribution in [2.24, 2.45) is 0 Å². The Bertz CT molecular complexity index is 852. The molecule has 0 saturated carbocycles. The van der Waals surface area contributed by atoms with Gasteiger partial charge in [0.15, 0.2) is 0 Å². The topological polar surface area (TPSA) is 72.9 Å². The summed E-state index contributed by atoms with van der Waals surface area (Å²) in [5.41, 5.74) is -1.63. The largest absolute Gasteiger partial charge is 0.464 e. The number of halogens is 2. The van der Waals surface area contributed by atoms with Gasteiger partial charge < -0.3 is 9.47 Å². The summed E-state index contributed by atoms with van der Waals surface area (Å²) in [5, 5.41) is 0. The van der Waals surface area contributed by atoms with E-state index in [0.29, 0.717) is 5.56 Å². The van der Waals surface area contributed by atoms with E-state index in [4.69, 9.17) is 9.47 Å². The number of aryl methyl sites for hydroxylation is 1. The molecule has 1 heterocycles. The molecule has 1 aliphatic heterocycles. The van der Waals surface area contributed by atoms with E-state index >= 15 is 0 Å². The third-order valence-electron chi connectivity index (χ3n) is 4.51. The van der Waals surface area contributed by atoms with Crippen LogP contribution < -0.4 is 0 Å². The van der Waals surface area contributed by atoms with E-state index in [9.17, 15) is 23.2 Å². The molecule has 1 aliphatic rings. The van der Waals surface area contributed by atoms with Gasteiger partial charge in [-0.3, -0.25) is 9.69 Å². The maximum Gasteiger partial charge on any atom is 0.344 e. The van der Waals surface area contributed by atoms with E-state index in [0.717, 1.165) is 23.5 Å². The molecule has 0 aromatic heterocycles. The van der Waals surface area contributed by atoms with Crippen LogP contribution in [0.25, 0.3) is 5.70 Å². The minimum absolute atomic E-state index is 0.00680. The Kier molecular flexibility index (Phi) is 6.89. The summed E-state index contributed by atoms with van der Waals surface area (Å²) >= 11 is 0. The van der Waals surface area contributed by atoms with E-state index in [-0.39, 0.29) is 18.9 Å². The average Bonchev–Trinajstić information content (AvgIpc) is 2.67. The minimum Gasteiger partial charge on any atom is -0.464 e. The molecule has 0 radical (unpaired) electrons. The standard InChI is InChI=1S/C21H23F2NO5/c1-5-28-19(26)21(20(27)29-6-2)12-16(18(22)23)11-17(24(21)14(4)25)15-9-7-13(3)8-10-15/h7-11H,5-6,12H2,1-4H3. The average molecular weight is 407 g/mol. The highest BCUT2D eigenvalue weighted by molar-refractivity contribution is 6.11. The van der Waals surface area contributed by atoms with Gasteiger partial charge in [0, 0.05) is 18.9 Å². The molecule has 29 heavy (non-hydrogen) atoms. The number of allylic oxidation sites excluding steroid dienone is 1. The first kappa shape index (κ1) is 22.3. The third kappa shape index (κ3) is 4.21. The number of esters is 2. The number of benzene rings is 1. The number of carbonyl (C=O) groups excluding carboxylic acids is 3. The van der Waals surface area contributed by atoms with Crippen LogP contribution in [-0.4, -0.2) is 41.5 Å². The second-order valence-corrected chi connectivity index (χ2v) is 6.51. The number of hydrogen-bond donors (Lipinski definition) is 0. The smallest absolute Gasteiger partial charge is 0.344 e. The molecule has 0 spiro atoms. The van der Waals surface area contributed by atoms with Crippen molar-refractivity contribution in [3.63, 3.8) is 0 Å². The zero-order valence-electron chi connectivity index (χ0n) is 16.8. The molecule has 0 atom stereocenters. The lowest BCUT2D eigenvalue weighted by Crippen LogP contribution is -2.63. The Morgan fingerprint density at radius 3 is 1.97 bits per heavy atom. The van der Waals surface area contributed by atoms with Crippen molar-refractivity contribution in [1.29, 1.82) is 0 Å². The van der Waals surface area contributed by atoms with Crippen LogP contribution in [0.2, 0.25) is 0 Å². The van der Waals surface area contributed by atoms with Crippen LogP contribution in [0.15, 0.2) is 42.0 Å². The summed E-state index contributed by atoms with van der Waals surface area (Å²) in [7, 11) is 0. The van der Waals surface area contributed by atoms with Gasteiger partial charge in [-0.05, 0) is 32.4 Å². The number of hydrogen-bond acceptors (Lipinski definition) is 5. The van der Waals surface area contributed by atoms with Gasteiger partial charge in [-0.15, -0.1) is 0 Å². The highest BCUT2D eigenvalue weighted by Gasteiger charge is 2.59. The second kappa shape index (κ2) is 8.98.